The van der Waals surface area contributed by atoms with Crippen LogP contribution in [0.1, 0.15) is 42.8 Å². The number of hydrogen-bond acceptors (Lipinski definition) is 4. The van der Waals surface area contributed by atoms with Crippen molar-refractivity contribution in [1.29, 1.82) is 0 Å². The van der Waals surface area contributed by atoms with E-state index in [2.05, 4.69) is 20.9 Å². The van der Waals surface area contributed by atoms with Crippen LogP contribution in [0.25, 0.3) is 0 Å². The number of hydrogen-bond donors (Lipinski definition) is 3. The Labute approximate surface area is 164 Å². The standard InChI is InChI=1S/C18H28N4O2S2/c1-3-9-20-17(24)15(21-16(23)14-6-5-12-26-14)13-7-10-22(11-8-13)18(25)19-4-2/h5-6,12-13,15H,3-4,7-11H2,1-2H3,(H,19,25)(H,20,24)(H,21,23)/t15-/m0/s1. The molecular formula is C18H28N4O2S2. The second-order valence-electron chi connectivity index (χ2n) is 6.38. The quantitative estimate of drug-likeness (QED) is 0.615. The second-order valence-corrected chi connectivity index (χ2v) is 7.71. The van der Waals surface area contributed by atoms with E-state index in [0.29, 0.717) is 11.4 Å². The van der Waals surface area contributed by atoms with E-state index in [4.69, 9.17) is 12.2 Å². The molecule has 1 atom stereocenters. The van der Waals surface area contributed by atoms with Gasteiger partial charge in [-0.15, -0.1) is 11.3 Å². The zero-order chi connectivity index (χ0) is 18.9. The first-order valence-corrected chi connectivity index (χ1v) is 10.5. The summed E-state index contributed by atoms with van der Waals surface area (Å²) in [7, 11) is 0. The van der Waals surface area contributed by atoms with Gasteiger partial charge < -0.3 is 20.9 Å². The summed E-state index contributed by atoms with van der Waals surface area (Å²) in [6, 6.07) is 3.11. The number of carbonyl (C=O) groups excluding carboxylic acids is 2. The summed E-state index contributed by atoms with van der Waals surface area (Å²) in [5, 5.41) is 11.7. The molecule has 1 aliphatic rings. The van der Waals surface area contributed by atoms with Crippen LogP contribution in [0.5, 0.6) is 0 Å². The first kappa shape index (κ1) is 20.6. The maximum atomic E-state index is 12.7. The smallest absolute Gasteiger partial charge is 0.262 e. The molecule has 144 valence electrons. The van der Waals surface area contributed by atoms with E-state index < -0.39 is 6.04 Å². The van der Waals surface area contributed by atoms with Gasteiger partial charge in [0.25, 0.3) is 5.91 Å². The average Bonchev–Trinajstić information content (AvgIpc) is 3.19. The van der Waals surface area contributed by atoms with Gasteiger partial charge >= 0.3 is 0 Å². The Kier molecular flexibility index (Phi) is 8.31. The van der Waals surface area contributed by atoms with Crippen molar-refractivity contribution < 1.29 is 9.59 Å². The second kappa shape index (κ2) is 10.5. The largest absolute Gasteiger partial charge is 0.363 e. The Bertz CT molecular complexity index is 598. The fourth-order valence-corrected chi connectivity index (χ4v) is 4.03. The third-order valence-electron chi connectivity index (χ3n) is 4.49. The number of thiophene rings is 1. The molecule has 2 amide bonds. The number of nitrogens with zero attached hydrogens (tertiary/aromatic N) is 1. The molecule has 1 aromatic heterocycles. The van der Waals surface area contributed by atoms with E-state index >= 15 is 0 Å². The summed E-state index contributed by atoms with van der Waals surface area (Å²) in [4.78, 5) is 27.9. The highest BCUT2D eigenvalue weighted by Crippen LogP contribution is 2.22. The van der Waals surface area contributed by atoms with E-state index in [9.17, 15) is 9.59 Å². The molecule has 6 nitrogen and oxygen atoms in total. The van der Waals surface area contributed by atoms with E-state index in [0.717, 1.165) is 44.0 Å². The Hall–Kier alpha value is -1.67. The van der Waals surface area contributed by atoms with Crippen LogP contribution in [0, 0.1) is 5.92 Å². The van der Waals surface area contributed by atoms with Crippen LogP contribution in [0.3, 0.4) is 0 Å². The van der Waals surface area contributed by atoms with Gasteiger partial charge in [0, 0.05) is 26.2 Å². The first-order chi connectivity index (χ1) is 12.6. The van der Waals surface area contributed by atoms with Crippen molar-refractivity contribution >= 4 is 40.5 Å². The Morgan fingerprint density at radius 2 is 2.04 bits per heavy atom. The SMILES string of the molecule is CCCNC(=O)[C@@H](NC(=O)c1cccs1)C1CCN(C(=S)NCC)CC1. The molecule has 0 spiro atoms. The third-order valence-corrected chi connectivity index (χ3v) is 5.76. The number of nitrogens with one attached hydrogen (secondary N) is 3. The molecule has 8 heteroatoms. The van der Waals surface area contributed by atoms with E-state index in [-0.39, 0.29) is 17.7 Å². The molecule has 0 aromatic carbocycles. The molecule has 1 aliphatic heterocycles. The van der Waals surface area contributed by atoms with Gasteiger partial charge in [-0.3, -0.25) is 9.59 Å². The van der Waals surface area contributed by atoms with Gasteiger partial charge in [-0.05, 0) is 55.8 Å². The molecule has 0 saturated carbocycles. The Morgan fingerprint density at radius 1 is 1.31 bits per heavy atom. The molecule has 0 bridgehead atoms. The highest BCUT2D eigenvalue weighted by Gasteiger charge is 2.33. The molecule has 0 aliphatic carbocycles. The maximum Gasteiger partial charge on any atom is 0.262 e. The van der Waals surface area contributed by atoms with Crippen LogP contribution >= 0.6 is 23.6 Å². The zero-order valence-corrected chi connectivity index (χ0v) is 17.0. The van der Waals surface area contributed by atoms with Crippen molar-refractivity contribution in [2.24, 2.45) is 5.92 Å². The predicted molar refractivity (Wildman–Crippen MR) is 109 cm³/mol. The number of rotatable bonds is 7. The van der Waals surface area contributed by atoms with Crippen LogP contribution < -0.4 is 16.0 Å². The molecule has 2 heterocycles. The minimum Gasteiger partial charge on any atom is -0.363 e. The van der Waals surface area contributed by atoms with Gasteiger partial charge in [-0.1, -0.05) is 13.0 Å². The minimum absolute atomic E-state index is 0.0931. The van der Waals surface area contributed by atoms with Gasteiger partial charge in [-0.25, -0.2) is 0 Å². The van der Waals surface area contributed by atoms with Gasteiger partial charge in [0.2, 0.25) is 5.91 Å². The lowest BCUT2D eigenvalue weighted by Gasteiger charge is -2.37. The minimum atomic E-state index is -0.508. The van der Waals surface area contributed by atoms with Crippen molar-refractivity contribution in [3.05, 3.63) is 22.4 Å². The molecule has 1 aromatic rings. The van der Waals surface area contributed by atoms with Crippen LogP contribution in [0.4, 0.5) is 0 Å². The summed E-state index contributed by atoms with van der Waals surface area (Å²) in [6.07, 6.45) is 2.51. The lowest BCUT2D eigenvalue weighted by molar-refractivity contribution is -0.124. The van der Waals surface area contributed by atoms with Crippen LogP contribution in [-0.2, 0) is 4.79 Å². The zero-order valence-electron chi connectivity index (χ0n) is 15.4. The number of piperidine rings is 1. The average molecular weight is 397 g/mol. The number of likely N-dealkylation sites (tertiary alicyclic amines) is 1. The van der Waals surface area contributed by atoms with E-state index in [1.807, 2.05) is 25.3 Å². The van der Waals surface area contributed by atoms with Crippen molar-refractivity contribution in [2.45, 2.75) is 39.2 Å². The maximum absolute atomic E-state index is 12.7. The van der Waals surface area contributed by atoms with E-state index in [1.54, 1.807) is 6.07 Å². The first-order valence-electron chi connectivity index (χ1n) is 9.21. The topological polar surface area (TPSA) is 73.5 Å². The summed E-state index contributed by atoms with van der Waals surface area (Å²) in [6.45, 7) is 7.05. The van der Waals surface area contributed by atoms with Gasteiger partial charge in [0.15, 0.2) is 5.11 Å². The van der Waals surface area contributed by atoms with Crippen molar-refractivity contribution in [1.82, 2.24) is 20.9 Å². The molecule has 26 heavy (non-hydrogen) atoms. The fraction of sp³-hybridized carbons (Fsp3) is 0.611. The summed E-state index contributed by atoms with van der Waals surface area (Å²) in [5.41, 5.74) is 0. The Morgan fingerprint density at radius 3 is 2.62 bits per heavy atom. The van der Waals surface area contributed by atoms with Crippen molar-refractivity contribution in [3.63, 3.8) is 0 Å². The predicted octanol–water partition coefficient (Wildman–Crippen LogP) is 1.98. The fourth-order valence-electron chi connectivity index (χ4n) is 3.07. The molecule has 1 fully saturated rings. The lowest BCUT2D eigenvalue weighted by atomic mass is 9.88. The highest BCUT2D eigenvalue weighted by atomic mass is 32.1. The third kappa shape index (κ3) is 5.67. The highest BCUT2D eigenvalue weighted by molar-refractivity contribution is 7.80. The molecular weight excluding hydrogens is 368 g/mol. The monoisotopic (exact) mass is 396 g/mol. The molecule has 0 unspecified atom stereocenters. The summed E-state index contributed by atoms with van der Waals surface area (Å²) >= 11 is 6.76. The van der Waals surface area contributed by atoms with Crippen LogP contribution in [0.15, 0.2) is 17.5 Å². The number of carbonyl (C=O) groups is 2. The summed E-state index contributed by atoms with van der Waals surface area (Å²) in [5.74, 6) is -0.164. The van der Waals surface area contributed by atoms with Crippen molar-refractivity contribution in [3.8, 4) is 0 Å². The Balaban J connectivity index is 2.01. The number of amides is 2. The molecule has 3 N–H and O–H groups in total. The van der Waals surface area contributed by atoms with Crippen LogP contribution in [0.2, 0.25) is 0 Å². The summed E-state index contributed by atoms with van der Waals surface area (Å²) < 4.78 is 0. The van der Waals surface area contributed by atoms with Crippen LogP contribution in [-0.4, -0.2) is 54.0 Å². The number of thiocarbonyl (C=S) groups is 1. The van der Waals surface area contributed by atoms with Gasteiger partial charge in [0.05, 0.1) is 4.88 Å². The molecule has 2 rings (SSSR count). The van der Waals surface area contributed by atoms with E-state index in [1.165, 1.54) is 11.3 Å². The molecule has 1 saturated heterocycles. The lowest BCUT2D eigenvalue weighted by Crippen LogP contribution is -2.54. The van der Waals surface area contributed by atoms with Gasteiger partial charge in [-0.2, -0.15) is 0 Å². The van der Waals surface area contributed by atoms with Gasteiger partial charge in [0.1, 0.15) is 6.04 Å². The normalized spacial score (nSPS) is 16.0. The van der Waals surface area contributed by atoms with Crippen molar-refractivity contribution in [2.75, 3.05) is 26.2 Å². The molecule has 0 radical (unpaired) electrons.